The Morgan fingerprint density at radius 3 is 2.33 bits per heavy atom. The van der Waals surface area contributed by atoms with E-state index in [1.54, 1.807) is 6.08 Å². The molecule has 0 nitrogen and oxygen atoms in total. The third-order valence-corrected chi connectivity index (χ3v) is 1.79. The minimum absolute atomic E-state index is 0.0267. The minimum Gasteiger partial charge on any atom is -0.207 e. The van der Waals surface area contributed by atoms with Crippen LogP contribution in [0.25, 0.3) is 0 Å². The zero-order chi connectivity index (χ0) is 9.40. The molecule has 0 heterocycles. The van der Waals surface area contributed by atoms with Crippen LogP contribution < -0.4 is 0 Å². The summed E-state index contributed by atoms with van der Waals surface area (Å²) in [6, 6.07) is 0. The summed E-state index contributed by atoms with van der Waals surface area (Å²) in [7, 11) is 0. The lowest BCUT2D eigenvalue weighted by Gasteiger charge is -2.01. The van der Waals surface area contributed by atoms with Crippen molar-refractivity contribution in [2.24, 2.45) is 0 Å². The van der Waals surface area contributed by atoms with E-state index in [1.807, 2.05) is 13.0 Å². The van der Waals surface area contributed by atoms with Gasteiger partial charge in [-0.3, -0.25) is 0 Å². The first-order chi connectivity index (χ1) is 5.76. The molecule has 0 aromatic carbocycles. The maximum atomic E-state index is 13.2. The summed E-state index contributed by atoms with van der Waals surface area (Å²) in [5.41, 5.74) is 0.853. The predicted octanol–water partition coefficient (Wildman–Crippen LogP) is 4.39. The van der Waals surface area contributed by atoms with Crippen molar-refractivity contribution >= 4 is 0 Å². The molecule has 0 aliphatic heterocycles. The first kappa shape index (κ1) is 11.4. The van der Waals surface area contributed by atoms with E-state index in [-0.39, 0.29) is 5.83 Å². The predicted molar refractivity (Wildman–Crippen MR) is 52.8 cm³/mol. The van der Waals surface area contributed by atoms with Crippen LogP contribution in [0.1, 0.15) is 46.5 Å². The Kier molecular flexibility index (Phi) is 6.73. The fraction of sp³-hybridized carbons (Fsp3) is 0.636. The van der Waals surface area contributed by atoms with E-state index in [1.165, 1.54) is 0 Å². The Morgan fingerprint density at radius 2 is 1.92 bits per heavy atom. The highest BCUT2D eigenvalue weighted by Crippen LogP contribution is 2.17. The molecule has 12 heavy (non-hydrogen) atoms. The van der Waals surface area contributed by atoms with E-state index >= 15 is 0 Å². The molecule has 0 saturated heterocycles. The molecular weight excluding hydrogens is 151 g/mol. The molecule has 1 heteroatoms. The SMILES string of the molecule is C/C=C(CCC)\C(F)=C/CCC. The Balaban J connectivity index is 4.11. The van der Waals surface area contributed by atoms with Crippen molar-refractivity contribution in [1.29, 1.82) is 0 Å². The van der Waals surface area contributed by atoms with Gasteiger partial charge in [0.25, 0.3) is 0 Å². The highest BCUT2D eigenvalue weighted by atomic mass is 19.1. The summed E-state index contributed by atoms with van der Waals surface area (Å²) in [6.45, 7) is 6.01. The van der Waals surface area contributed by atoms with Gasteiger partial charge in [-0.1, -0.05) is 32.8 Å². The van der Waals surface area contributed by atoms with E-state index in [0.717, 1.165) is 31.3 Å². The molecule has 0 spiro atoms. The highest BCUT2D eigenvalue weighted by Gasteiger charge is 2.00. The van der Waals surface area contributed by atoms with E-state index in [2.05, 4.69) is 13.8 Å². The maximum absolute atomic E-state index is 13.2. The van der Waals surface area contributed by atoms with Crippen LogP contribution in [0, 0.1) is 0 Å². The average Bonchev–Trinajstić information content (AvgIpc) is 2.10. The van der Waals surface area contributed by atoms with Crippen molar-refractivity contribution in [1.82, 2.24) is 0 Å². The zero-order valence-corrected chi connectivity index (χ0v) is 8.36. The monoisotopic (exact) mass is 170 g/mol. The zero-order valence-electron chi connectivity index (χ0n) is 8.36. The third-order valence-electron chi connectivity index (χ3n) is 1.79. The van der Waals surface area contributed by atoms with Crippen LogP contribution >= 0.6 is 0 Å². The summed E-state index contributed by atoms with van der Waals surface area (Å²) in [5.74, 6) is -0.0267. The van der Waals surface area contributed by atoms with Gasteiger partial charge in [-0.05, 0) is 31.4 Å². The third kappa shape index (κ3) is 4.32. The Bertz CT molecular complexity index is 166. The summed E-state index contributed by atoms with van der Waals surface area (Å²) in [5, 5.41) is 0. The largest absolute Gasteiger partial charge is 0.207 e. The topological polar surface area (TPSA) is 0 Å². The van der Waals surface area contributed by atoms with Crippen LogP contribution in [0.15, 0.2) is 23.6 Å². The van der Waals surface area contributed by atoms with E-state index < -0.39 is 0 Å². The fourth-order valence-electron chi connectivity index (χ4n) is 1.07. The van der Waals surface area contributed by atoms with E-state index in [0.29, 0.717) is 0 Å². The van der Waals surface area contributed by atoms with Crippen LogP contribution in [0.4, 0.5) is 4.39 Å². The Morgan fingerprint density at radius 1 is 1.25 bits per heavy atom. The van der Waals surface area contributed by atoms with Gasteiger partial charge in [0.05, 0.1) is 0 Å². The molecule has 0 aliphatic rings. The number of hydrogen-bond donors (Lipinski definition) is 0. The van der Waals surface area contributed by atoms with Gasteiger partial charge in [-0.25, -0.2) is 4.39 Å². The van der Waals surface area contributed by atoms with Gasteiger partial charge in [0.15, 0.2) is 0 Å². The molecule has 0 aromatic heterocycles. The minimum atomic E-state index is -0.0267. The molecule has 0 aliphatic carbocycles. The summed E-state index contributed by atoms with van der Waals surface area (Å²) >= 11 is 0. The van der Waals surface area contributed by atoms with Crippen LogP contribution in [-0.2, 0) is 0 Å². The molecule has 0 bridgehead atoms. The van der Waals surface area contributed by atoms with Gasteiger partial charge >= 0.3 is 0 Å². The molecule has 70 valence electrons. The van der Waals surface area contributed by atoms with Crippen molar-refractivity contribution < 1.29 is 4.39 Å². The highest BCUT2D eigenvalue weighted by molar-refractivity contribution is 5.24. The fourth-order valence-corrected chi connectivity index (χ4v) is 1.07. The van der Waals surface area contributed by atoms with Crippen LogP contribution in [0.2, 0.25) is 0 Å². The van der Waals surface area contributed by atoms with Gasteiger partial charge in [0, 0.05) is 0 Å². The van der Waals surface area contributed by atoms with E-state index in [9.17, 15) is 4.39 Å². The normalized spacial score (nSPS) is 13.7. The average molecular weight is 170 g/mol. The van der Waals surface area contributed by atoms with Crippen molar-refractivity contribution in [3.63, 3.8) is 0 Å². The smallest absolute Gasteiger partial charge is 0.122 e. The van der Waals surface area contributed by atoms with Crippen LogP contribution in [-0.4, -0.2) is 0 Å². The molecule has 0 saturated carbocycles. The number of halogens is 1. The van der Waals surface area contributed by atoms with Gasteiger partial charge in [0.2, 0.25) is 0 Å². The molecule has 0 aromatic rings. The number of unbranched alkanes of at least 4 members (excludes halogenated alkanes) is 1. The maximum Gasteiger partial charge on any atom is 0.122 e. The Hall–Kier alpha value is -0.590. The molecule has 0 N–H and O–H groups in total. The number of allylic oxidation sites excluding steroid dienone is 4. The summed E-state index contributed by atoms with van der Waals surface area (Å²) < 4.78 is 13.2. The quantitative estimate of drug-likeness (QED) is 0.537. The van der Waals surface area contributed by atoms with Crippen molar-refractivity contribution in [2.75, 3.05) is 0 Å². The molecule has 0 fully saturated rings. The van der Waals surface area contributed by atoms with Gasteiger partial charge in [-0.2, -0.15) is 0 Å². The van der Waals surface area contributed by atoms with Crippen molar-refractivity contribution in [3.8, 4) is 0 Å². The number of rotatable bonds is 5. The lowest BCUT2D eigenvalue weighted by molar-refractivity contribution is 0.627. The van der Waals surface area contributed by atoms with Gasteiger partial charge < -0.3 is 0 Å². The van der Waals surface area contributed by atoms with Gasteiger partial charge in [-0.15, -0.1) is 0 Å². The van der Waals surface area contributed by atoms with Crippen LogP contribution in [0.5, 0.6) is 0 Å². The second-order valence-corrected chi connectivity index (χ2v) is 2.90. The Labute approximate surface area is 75.2 Å². The lowest BCUT2D eigenvalue weighted by atomic mass is 10.1. The standard InChI is InChI=1S/C11H19F/c1-4-7-9-11(12)10(6-3)8-5-2/h6,9H,4-5,7-8H2,1-3H3/b10-6-,11-9+. The molecule has 0 amide bonds. The first-order valence-electron chi connectivity index (χ1n) is 4.77. The molecule has 0 radical (unpaired) electrons. The molecule has 0 rings (SSSR count). The van der Waals surface area contributed by atoms with Crippen molar-refractivity contribution in [3.05, 3.63) is 23.6 Å². The van der Waals surface area contributed by atoms with Crippen molar-refractivity contribution in [2.45, 2.75) is 46.5 Å². The lowest BCUT2D eigenvalue weighted by Crippen LogP contribution is -1.83. The first-order valence-corrected chi connectivity index (χ1v) is 4.77. The van der Waals surface area contributed by atoms with Gasteiger partial charge in [0.1, 0.15) is 5.83 Å². The molecule has 0 unspecified atom stereocenters. The second kappa shape index (κ2) is 7.08. The summed E-state index contributed by atoms with van der Waals surface area (Å²) in [6.07, 6.45) is 7.26. The second-order valence-electron chi connectivity index (χ2n) is 2.90. The summed E-state index contributed by atoms with van der Waals surface area (Å²) in [4.78, 5) is 0. The number of hydrogen-bond acceptors (Lipinski definition) is 0. The molecular formula is C11H19F. The van der Waals surface area contributed by atoms with E-state index in [4.69, 9.17) is 0 Å². The van der Waals surface area contributed by atoms with Crippen LogP contribution in [0.3, 0.4) is 0 Å². The molecule has 0 atom stereocenters.